The van der Waals surface area contributed by atoms with E-state index >= 15 is 0 Å². The highest BCUT2D eigenvalue weighted by Crippen LogP contribution is 2.35. The van der Waals surface area contributed by atoms with Crippen LogP contribution >= 0.6 is 23.1 Å². The van der Waals surface area contributed by atoms with Crippen molar-refractivity contribution in [2.75, 3.05) is 5.75 Å². The van der Waals surface area contributed by atoms with Crippen LogP contribution in [0.5, 0.6) is 0 Å². The van der Waals surface area contributed by atoms with Crippen molar-refractivity contribution in [3.8, 4) is 5.69 Å². The maximum absolute atomic E-state index is 13.9. The number of hydrogen-bond acceptors (Lipinski definition) is 6. The van der Waals surface area contributed by atoms with Crippen molar-refractivity contribution in [1.29, 1.82) is 0 Å². The number of aromatic nitrogens is 2. The van der Waals surface area contributed by atoms with Crippen molar-refractivity contribution in [2.45, 2.75) is 44.7 Å². The van der Waals surface area contributed by atoms with Crippen molar-refractivity contribution in [2.24, 2.45) is 5.10 Å². The highest BCUT2D eigenvalue weighted by atomic mass is 32.2. The highest BCUT2D eigenvalue weighted by molar-refractivity contribution is 7.99. The van der Waals surface area contributed by atoms with Crippen LogP contribution in [0, 0.1) is 6.92 Å². The first kappa shape index (κ1) is 25.5. The summed E-state index contributed by atoms with van der Waals surface area (Å²) in [5.41, 5.74) is 7.36. The Hall–Kier alpha value is -3.75. The standard InChI is InChI=1S/C31H28N4O2S2/c1-19-14-16-22(17-15-19)35-30(37)28-25-11-5-6-13-26(25)39-29(28)32-31(35)38-18-27(36)34-33-20(2)23-12-7-9-21-8-3-4-10-24(21)23/h3-4,7-10,12,14-17H,5-6,11,13,18H2,1-2H3,(H,34,36)/b33-20+. The second kappa shape index (κ2) is 10.8. The van der Waals surface area contributed by atoms with Gasteiger partial charge in [-0.25, -0.2) is 10.4 Å². The van der Waals surface area contributed by atoms with Crippen LogP contribution in [0.25, 0.3) is 26.7 Å². The molecule has 39 heavy (non-hydrogen) atoms. The summed E-state index contributed by atoms with van der Waals surface area (Å²) in [5, 5.41) is 7.83. The van der Waals surface area contributed by atoms with Gasteiger partial charge in [-0.05, 0) is 68.0 Å². The van der Waals surface area contributed by atoms with Crippen molar-refractivity contribution >= 4 is 55.7 Å². The Morgan fingerprint density at radius 3 is 2.67 bits per heavy atom. The number of amides is 1. The van der Waals surface area contributed by atoms with E-state index in [1.807, 2.05) is 62.4 Å². The van der Waals surface area contributed by atoms with Gasteiger partial charge in [0, 0.05) is 10.4 Å². The summed E-state index contributed by atoms with van der Waals surface area (Å²) in [6.45, 7) is 3.91. The molecule has 1 N–H and O–H groups in total. The molecule has 1 aliphatic rings. The molecule has 3 aromatic carbocycles. The minimum Gasteiger partial charge on any atom is -0.272 e. The summed E-state index contributed by atoms with van der Waals surface area (Å²) in [7, 11) is 0. The Labute approximate surface area is 234 Å². The van der Waals surface area contributed by atoms with Gasteiger partial charge in [-0.1, -0.05) is 71.9 Å². The van der Waals surface area contributed by atoms with Gasteiger partial charge in [-0.15, -0.1) is 11.3 Å². The lowest BCUT2D eigenvalue weighted by atomic mass is 9.97. The van der Waals surface area contributed by atoms with E-state index < -0.39 is 0 Å². The van der Waals surface area contributed by atoms with Crippen LogP contribution in [0.15, 0.2) is 81.8 Å². The number of thiophene rings is 1. The van der Waals surface area contributed by atoms with Crippen molar-refractivity contribution in [1.82, 2.24) is 15.0 Å². The maximum Gasteiger partial charge on any atom is 0.267 e. The van der Waals surface area contributed by atoms with Gasteiger partial charge in [0.25, 0.3) is 11.5 Å². The summed E-state index contributed by atoms with van der Waals surface area (Å²) in [5.74, 6) is -0.170. The molecule has 0 spiro atoms. The molecule has 2 heterocycles. The molecule has 0 saturated carbocycles. The fourth-order valence-corrected chi connectivity index (χ4v) is 7.22. The van der Waals surface area contributed by atoms with E-state index in [0.717, 1.165) is 74.8 Å². The van der Waals surface area contributed by atoms with Crippen LogP contribution in [0.1, 0.15) is 41.3 Å². The molecule has 0 fully saturated rings. The van der Waals surface area contributed by atoms with Crippen LogP contribution in [0.2, 0.25) is 0 Å². The third-order valence-electron chi connectivity index (χ3n) is 7.11. The summed E-state index contributed by atoms with van der Waals surface area (Å²) in [6.07, 6.45) is 4.16. The molecule has 2 aromatic heterocycles. The lowest BCUT2D eigenvalue weighted by Crippen LogP contribution is -2.24. The molecule has 8 heteroatoms. The fraction of sp³-hybridized carbons (Fsp3) is 0.226. The lowest BCUT2D eigenvalue weighted by molar-refractivity contribution is -0.118. The van der Waals surface area contributed by atoms with Gasteiger partial charge < -0.3 is 0 Å². The number of hydrazone groups is 1. The molecule has 1 aliphatic carbocycles. The molecule has 0 unspecified atom stereocenters. The largest absolute Gasteiger partial charge is 0.272 e. The van der Waals surface area contributed by atoms with Crippen molar-refractivity contribution in [3.05, 3.63) is 98.7 Å². The van der Waals surface area contributed by atoms with E-state index in [1.54, 1.807) is 15.9 Å². The van der Waals surface area contributed by atoms with E-state index in [9.17, 15) is 9.59 Å². The average Bonchev–Trinajstić information content (AvgIpc) is 3.34. The summed E-state index contributed by atoms with van der Waals surface area (Å²) in [4.78, 5) is 33.7. The SMILES string of the molecule is C/C(=N\NC(=O)CSc1nc2sc3c(c2c(=O)n1-c1ccc(C)cc1)CCCC3)c1cccc2ccccc12. The minimum atomic E-state index is -0.255. The van der Waals surface area contributed by atoms with Crippen molar-refractivity contribution in [3.63, 3.8) is 0 Å². The average molecular weight is 553 g/mol. The zero-order valence-electron chi connectivity index (χ0n) is 21.9. The first-order valence-corrected chi connectivity index (χ1v) is 14.9. The Morgan fingerprint density at radius 2 is 1.82 bits per heavy atom. The number of thioether (sulfide) groups is 1. The molecule has 0 atom stereocenters. The highest BCUT2D eigenvalue weighted by Gasteiger charge is 2.23. The normalized spacial score (nSPS) is 13.5. The Morgan fingerprint density at radius 1 is 1.05 bits per heavy atom. The van der Waals surface area contributed by atoms with E-state index in [2.05, 4.69) is 28.7 Å². The minimum absolute atomic E-state index is 0.0593. The van der Waals surface area contributed by atoms with Crippen LogP contribution < -0.4 is 11.0 Å². The van der Waals surface area contributed by atoms with Gasteiger partial charge in [0.2, 0.25) is 0 Å². The molecule has 0 radical (unpaired) electrons. The monoisotopic (exact) mass is 552 g/mol. The maximum atomic E-state index is 13.9. The Balaban J connectivity index is 1.29. The molecule has 6 rings (SSSR count). The summed E-state index contributed by atoms with van der Waals surface area (Å²) in [6, 6.07) is 22.0. The first-order valence-electron chi connectivity index (χ1n) is 13.1. The van der Waals surface area contributed by atoms with Crippen molar-refractivity contribution < 1.29 is 4.79 Å². The van der Waals surface area contributed by atoms with E-state index in [1.165, 1.54) is 16.6 Å². The van der Waals surface area contributed by atoms with E-state index in [-0.39, 0.29) is 17.2 Å². The topological polar surface area (TPSA) is 76.3 Å². The number of carbonyl (C=O) groups is 1. The molecule has 0 bridgehead atoms. The van der Waals surface area contributed by atoms with Gasteiger partial charge in [-0.2, -0.15) is 5.10 Å². The molecule has 5 aromatic rings. The van der Waals surface area contributed by atoms with E-state index in [0.29, 0.717) is 5.16 Å². The zero-order chi connectivity index (χ0) is 26.9. The molecule has 6 nitrogen and oxygen atoms in total. The third kappa shape index (κ3) is 5.02. The van der Waals surface area contributed by atoms with Gasteiger partial charge >= 0.3 is 0 Å². The van der Waals surface area contributed by atoms with Gasteiger partial charge in [-0.3, -0.25) is 14.2 Å². The van der Waals surface area contributed by atoms with Gasteiger partial charge in [0.15, 0.2) is 5.16 Å². The predicted molar refractivity (Wildman–Crippen MR) is 162 cm³/mol. The molecule has 0 aliphatic heterocycles. The number of fused-ring (bicyclic) bond motifs is 4. The quantitative estimate of drug-likeness (QED) is 0.114. The summed E-state index contributed by atoms with van der Waals surface area (Å²) >= 11 is 2.88. The molecule has 1 amide bonds. The van der Waals surface area contributed by atoms with Crippen LogP contribution in [0.4, 0.5) is 0 Å². The van der Waals surface area contributed by atoms with Crippen LogP contribution in [0.3, 0.4) is 0 Å². The molecule has 0 saturated heterocycles. The number of hydrogen-bond donors (Lipinski definition) is 1. The second-order valence-electron chi connectivity index (χ2n) is 9.81. The Bertz CT molecular complexity index is 1800. The smallest absolute Gasteiger partial charge is 0.267 e. The van der Waals surface area contributed by atoms with E-state index in [4.69, 9.17) is 4.98 Å². The second-order valence-corrected chi connectivity index (χ2v) is 11.8. The molecular weight excluding hydrogens is 525 g/mol. The first-order chi connectivity index (χ1) is 19.0. The zero-order valence-corrected chi connectivity index (χ0v) is 23.5. The number of benzene rings is 3. The number of aryl methyl sites for hydroxylation is 3. The number of nitrogens with one attached hydrogen (secondary N) is 1. The molecular formula is C31H28N4O2S2. The molecule has 196 valence electrons. The lowest BCUT2D eigenvalue weighted by Gasteiger charge is -2.13. The number of carbonyl (C=O) groups excluding carboxylic acids is 1. The third-order valence-corrected chi connectivity index (χ3v) is 9.23. The number of rotatable bonds is 6. The summed E-state index contributed by atoms with van der Waals surface area (Å²) < 4.78 is 1.66. The van der Waals surface area contributed by atoms with Crippen LogP contribution in [-0.2, 0) is 17.6 Å². The van der Waals surface area contributed by atoms with Gasteiger partial charge in [0.1, 0.15) is 4.83 Å². The van der Waals surface area contributed by atoms with Gasteiger partial charge in [0.05, 0.1) is 22.5 Å². The predicted octanol–water partition coefficient (Wildman–Crippen LogP) is 6.42. The Kier molecular flexibility index (Phi) is 7.06. The number of nitrogens with zero attached hydrogens (tertiary/aromatic N) is 3. The fourth-order valence-electron chi connectivity index (χ4n) is 5.11. The van der Waals surface area contributed by atoms with Crippen LogP contribution in [-0.4, -0.2) is 26.9 Å².